The van der Waals surface area contributed by atoms with Gasteiger partial charge in [-0.05, 0) is 52.6 Å². The van der Waals surface area contributed by atoms with Gasteiger partial charge in [-0.2, -0.15) is 0 Å². The van der Waals surface area contributed by atoms with E-state index in [0.29, 0.717) is 0 Å². The number of rotatable bonds is 6. The highest BCUT2D eigenvalue weighted by molar-refractivity contribution is 6.17. The first-order chi connectivity index (χ1) is 23.3. The summed E-state index contributed by atoms with van der Waals surface area (Å²) in [5.74, 6) is 0.755. The lowest BCUT2D eigenvalue weighted by atomic mass is 10.0. The molecule has 9 aromatic rings. The van der Waals surface area contributed by atoms with Crippen LogP contribution in [0.25, 0.3) is 66.3 Å². The van der Waals surface area contributed by atoms with Gasteiger partial charge in [0.15, 0.2) is 0 Å². The molecule has 0 amide bonds. The minimum atomic E-state index is 0.755. The Morgan fingerprint density at radius 1 is 0.383 bits per heavy atom. The topological polar surface area (TPSA) is 29.5 Å². The maximum Gasteiger partial charge on any atom is 0.213 e. The van der Waals surface area contributed by atoms with E-state index in [1.165, 1.54) is 5.56 Å². The zero-order valence-corrected chi connectivity index (χ0v) is 25.5. The minimum Gasteiger partial charge on any atom is -0.455 e. The average molecular weight is 604 g/mol. The lowest BCUT2D eigenvalue weighted by Crippen LogP contribution is -2.10. The standard InChI is InChI=1S/C44H29NO2/c1-4-14-30(15-5-1)31-26-28-34(29-27-31)45(44-41(33-18-8-3-9-19-33)36-20-10-11-24-39(36)47-44)38-23-13-25-40-42(38)37-22-12-21-35(43(37)46-40)32-16-6-2-7-17-32/h1-29H. The van der Waals surface area contributed by atoms with Crippen LogP contribution in [0.1, 0.15) is 0 Å². The second-order valence-corrected chi connectivity index (χ2v) is 11.7. The van der Waals surface area contributed by atoms with Crippen LogP contribution in [0.3, 0.4) is 0 Å². The summed E-state index contributed by atoms with van der Waals surface area (Å²) in [5, 5.41) is 3.15. The fourth-order valence-corrected chi connectivity index (χ4v) is 6.73. The molecule has 222 valence electrons. The Bertz CT molecular complexity index is 2490. The largest absolute Gasteiger partial charge is 0.455 e. The molecule has 0 aliphatic carbocycles. The second-order valence-electron chi connectivity index (χ2n) is 11.7. The molecular weight excluding hydrogens is 574 g/mol. The van der Waals surface area contributed by atoms with E-state index < -0.39 is 0 Å². The summed E-state index contributed by atoms with van der Waals surface area (Å²) in [5.41, 5.74) is 11.2. The van der Waals surface area contributed by atoms with Gasteiger partial charge in [0.2, 0.25) is 5.88 Å². The van der Waals surface area contributed by atoms with Crippen molar-refractivity contribution in [3.63, 3.8) is 0 Å². The number of hydrogen-bond donors (Lipinski definition) is 0. The highest BCUT2D eigenvalue weighted by Crippen LogP contribution is 2.50. The van der Waals surface area contributed by atoms with E-state index in [0.717, 1.165) is 78.0 Å². The average Bonchev–Trinajstić information content (AvgIpc) is 3.72. The molecule has 9 rings (SSSR count). The van der Waals surface area contributed by atoms with E-state index in [-0.39, 0.29) is 0 Å². The molecule has 0 aliphatic heterocycles. The van der Waals surface area contributed by atoms with E-state index in [2.05, 4.69) is 150 Å². The van der Waals surface area contributed by atoms with Gasteiger partial charge >= 0.3 is 0 Å². The predicted molar refractivity (Wildman–Crippen MR) is 194 cm³/mol. The van der Waals surface area contributed by atoms with Crippen molar-refractivity contribution in [2.45, 2.75) is 0 Å². The maximum atomic E-state index is 6.87. The van der Waals surface area contributed by atoms with Crippen molar-refractivity contribution >= 4 is 50.2 Å². The molecule has 0 aliphatic rings. The Morgan fingerprint density at radius 3 is 1.70 bits per heavy atom. The monoisotopic (exact) mass is 603 g/mol. The molecule has 0 N–H and O–H groups in total. The summed E-state index contributed by atoms with van der Waals surface area (Å²) in [6, 6.07) is 61.1. The molecule has 0 spiro atoms. The van der Waals surface area contributed by atoms with Gasteiger partial charge in [0.25, 0.3) is 0 Å². The maximum absolute atomic E-state index is 6.87. The highest BCUT2D eigenvalue weighted by atomic mass is 16.4. The van der Waals surface area contributed by atoms with E-state index in [1.54, 1.807) is 0 Å². The molecule has 0 atom stereocenters. The molecule has 0 bridgehead atoms. The number of anilines is 3. The number of benzene rings is 7. The summed E-state index contributed by atoms with van der Waals surface area (Å²) in [6.07, 6.45) is 0. The van der Waals surface area contributed by atoms with E-state index in [1.807, 2.05) is 30.3 Å². The smallest absolute Gasteiger partial charge is 0.213 e. The fourth-order valence-electron chi connectivity index (χ4n) is 6.73. The van der Waals surface area contributed by atoms with Crippen molar-refractivity contribution in [3.8, 4) is 33.4 Å². The van der Waals surface area contributed by atoms with Crippen molar-refractivity contribution in [2.75, 3.05) is 4.90 Å². The first-order valence-corrected chi connectivity index (χ1v) is 15.9. The third-order valence-electron chi connectivity index (χ3n) is 8.90. The number of para-hydroxylation sites is 2. The fraction of sp³-hybridized carbons (Fsp3) is 0. The number of hydrogen-bond acceptors (Lipinski definition) is 3. The van der Waals surface area contributed by atoms with Crippen LogP contribution in [0.5, 0.6) is 0 Å². The van der Waals surface area contributed by atoms with Gasteiger partial charge in [0.05, 0.1) is 16.6 Å². The molecule has 0 unspecified atom stereocenters. The van der Waals surface area contributed by atoms with E-state index in [4.69, 9.17) is 8.83 Å². The van der Waals surface area contributed by atoms with Crippen LogP contribution in [0.15, 0.2) is 185 Å². The van der Waals surface area contributed by atoms with Crippen molar-refractivity contribution < 1.29 is 8.83 Å². The minimum absolute atomic E-state index is 0.755. The summed E-state index contributed by atoms with van der Waals surface area (Å²) in [4.78, 5) is 2.25. The molecule has 3 heteroatoms. The molecular formula is C44H29NO2. The van der Waals surface area contributed by atoms with Crippen LogP contribution in [0.2, 0.25) is 0 Å². The molecule has 3 nitrogen and oxygen atoms in total. The van der Waals surface area contributed by atoms with E-state index >= 15 is 0 Å². The van der Waals surface area contributed by atoms with Crippen molar-refractivity contribution in [1.82, 2.24) is 0 Å². The summed E-state index contributed by atoms with van der Waals surface area (Å²) in [6.45, 7) is 0. The molecule has 2 heterocycles. The van der Waals surface area contributed by atoms with Crippen molar-refractivity contribution in [2.24, 2.45) is 0 Å². The van der Waals surface area contributed by atoms with Gasteiger partial charge in [-0.15, -0.1) is 0 Å². The van der Waals surface area contributed by atoms with Gasteiger partial charge in [0, 0.05) is 22.0 Å². The zero-order valence-electron chi connectivity index (χ0n) is 25.5. The van der Waals surface area contributed by atoms with Gasteiger partial charge in [-0.1, -0.05) is 146 Å². The predicted octanol–water partition coefficient (Wildman–Crippen LogP) is 12.8. The van der Waals surface area contributed by atoms with Crippen LogP contribution in [0.4, 0.5) is 17.3 Å². The lowest BCUT2D eigenvalue weighted by molar-refractivity contribution is 0.622. The number of nitrogens with zero attached hydrogens (tertiary/aromatic N) is 1. The first-order valence-electron chi connectivity index (χ1n) is 15.9. The first kappa shape index (κ1) is 27.0. The SMILES string of the molecule is c1ccc(-c2ccc(N(c3oc4ccccc4c3-c3ccccc3)c3cccc4oc5c(-c6ccccc6)cccc5c34)cc2)cc1. The van der Waals surface area contributed by atoms with Gasteiger partial charge in [-0.3, -0.25) is 4.90 Å². The van der Waals surface area contributed by atoms with Crippen LogP contribution in [-0.4, -0.2) is 0 Å². The Kier molecular flexibility index (Phi) is 6.46. The molecule has 47 heavy (non-hydrogen) atoms. The molecule has 0 radical (unpaired) electrons. The second kappa shape index (κ2) is 11.2. The highest BCUT2D eigenvalue weighted by Gasteiger charge is 2.27. The van der Waals surface area contributed by atoms with E-state index in [9.17, 15) is 0 Å². The summed E-state index contributed by atoms with van der Waals surface area (Å²) in [7, 11) is 0. The van der Waals surface area contributed by atoms with Crippen LogP contribution in [-0.2, 0) is 0 Å². The summed E-state index contributed by atoms with van der Waals surface area (Å²) < 4.78 is 13.6. The third-order valence-corrected chi connectivity index (χ3v) is 8.90. The zero-order chi connectivity index (χ0) is 31.2. The van der Waals surface area contributed by atoms with Crippen molar-refractivity contribution in [3.05, 3.63) is 176 Å². The number of fused-ring (bicyclic) bond motifs is 4. The molecule has 0 fully saturated rings. The Labute approximate surface area is 272 Å². The Balaban J connectivity index is 1.34. The van der Waals surface area contributed by atoms with Crippen molar-refractivity contribution in [1.29, 1.82) is 0 Å². The molecule has 0 saturated heterocycles. The molecule has 0 saturated carbocycles. The Morgan fingerprint density at radius 2 is 0.957 bits per heavy atom. The lowest BCUT2D eigenvalue weighted by Gasteiger charge is -2.25. The van der Waals surface area contributed by atoms with Gasteiger partial charge < -0.3 is 8.83 Å². The quantitative estimate of drug-likeness (QED) is 0.189. The molecule has 7 aromatic carbocycles. The van der Waals surface area contributed by atoms with Gasteiger partial charge in [-0.25, -0.2) is 0 Å². The molecule has 2 aromatic heterocycles. The van der Waals surface area contributed by atoms with Gasteiger partial charge in [0.1, 0.15) is 16.7 Å². The summed E-state index contributed by atoms with van der Waals surface area (Å²) >= 11 is 0. The van der Waals surface area contributed by atoms with Crippen LogP contribution in [0, 0.1) is 0 Å². The Hall–Kier alpha value is -6.32. The van der Waals surface area contributed by atoms with Crippen LogP contribution < -0.4 is 4.90 Å². The van der Waals surface area contributed by atoms with Crippen LogP contribution >= 0.6 is 0 Å². The third kappa shape index (κ3) is 4.60. The number of furan rings is 2. The normalized spacial score (nSPS) is 11.4.